The molecule has 3 aromatic rings. The summed E-state index contributed by atoms with van der Waals surface area (Å²) < 4.78 is 10.8. The Labute approximate surface area is 149 Å². The molecule has 6 nitrogen and oxygen atoms in total. The first kappa shape index (κ1) is 16.9. The summed E-state index contributed by atoms with van der Waals surface area (Å²) in [7, 11) is 1.62. The molecule has 1 amide bonds. The second-order valence-electron chi connectivity index (χ2n) is 5.10. The minimum Gasteiger partial charge on any atom is -0.497 e. The van der Waals surface area contributed by atoms with Gasteiger partial charge < -0.3 is 9.47 Å². The van der Waals surface area contributed by atoms with Crippen molar-refractivity contribution < 1.29 is 14.3 Å². The largest absolute Gasteiger partial charge is 0.497 e. The number of amides is 1. The highest BCUT2D eigenvalue weighted by atomic mass is 32.1. The van der Waals surface area contributed by atoms with Crippen LogP contribution in [0.1, 0.15) is 15.4 Å². The number of methoxy groups -OCH3 is 1. The number of anilines is 1. The molecule has 0 aliphatic rings. The zero-order valence-electron chi connectivity index (χ0n) is 13.6. The Balaban J connectivity index is 1.51. The number of aromatic nitrogens is 2. The molecule has 0 unspecified atom stereocenters. The van der Waals surface area contributed by atoms with Crippen LogP contribution in [0.5, 0.6) is 11.5 Å². The molecule has 0 saturated heterocycles. The Morgan fingerprint density at radius 3 is 2.68 bits per heavy atom. The first-order valence-corrected chi connectivity index (χ1v) is 8.52. The summed E-state index contributed by atoms with van der Waals surface area (Å²) in [6.07, 6.45) is 0.607. The average Bonchev–Trinajstić information content (AvgIpc) is 3.10. The molecule has 1 aromatic heterocycles. The summed E-state index contributed by atoms with van der Waals surface area (Å²) in [4.78, 5) is 12.1. The van der Waals surface area contributed by atoms with Crippen LogP contribution in [0.3, 0.4) is 0 Å². The lowest BCUT2D eigenvalue weighted by Crippen LogP contribution is -2.11. The van der Waals surface area contributed by atoms with Crippen LogP contribution >= 0.6 is 11.3 Å². The number of ether oxygens (including phenoxy) is 2. The van der Waals surface area contributed by atoms with Gasteiger partial charge in [0.15, 0.2) is 0 Å². The normalized spacial score (nSPS) is 10.3. The van der Waals surface area contributed by atoms with Crippen molar-refractivity contribution in [3.8, 4) is 11.5 Å². The predicted molar refractivity (Wildman–Crippen MR) is 96.5 cm³/mol. The number of carbonyl (C=O) groups excluding carboxylic acids is 1. The fourth-order valence-electron chi connectivity index (χ4n) is 2.11. The van der Waals surface area contributed by atoms with E-state index in [1.807, 2.05) is 42.5 Å². The van der Waals surface area contributed by atoms with Gasteiger partial charge in [-0.05, 0) is 24.3 Å². The van der Waals surface area contributed by atoms with E-state index < -0.39 is 0 Å². The molecule has 0 aliphatic heterocycles. The van der Waals surface area contributed by atoms with E-state index in [0.29, 0.717) is 23.7 Å². The number of rotatable bonds is 7. The van der Waals surface area contributed by atoms with E-state index in [9.17, 15) is 4.79 Å². The Kier molecular flexibility index (Phi) is 5.58. The molecule has 1 heterocycles. The zero-order chi connectivity index (χ0) is 17.5. The molecule has 25 heavy (non-hydrogen) atoms. The van der Waals surface area contributed by atoms with Gasteiger partial charge in [0.05, 0.1) is 13.7 Å². The summed E-state index contributed by atoms with van der Waals surface area (Å²) in [5.41, 5.74) is 0.584. The minimum atomic E-state index is -0.198. The average molecular weight is 355 g/mol. The van der Waals surface area contributed by atoms with Gasteiger partial charge in [0, 0.05) is 18.1 Å². The molecule has 0 radical (unpaired) electrons. The van der Waals surface area contributed by atoms with Crippen LogP contribution in [0.2, 0.25) is 0 Å². The lowest BCUT2D eigenvalue weighted by Gasteiger charge is -2.06. The predicted octanol–water partition coefficient (Wildman–Crippen LogP) is 3.42. The van der Waals surface area contributed by atoms with E-state index in [0.717, 1.165) is 16.5 Å². The highest BCUT2D eigenvalue weighted by Gasteiger charge is 2.10. The van der Waals surface area contributed by atoms with Gasteiger partial charge in [-0.2, -0.15) is 0 Å². The van der Waals surface area contributed by atoms with E-state index in [1.54, 1.807) is 19.2 Å². The van der Waals surface area contributed by atoms with Crippen LogP contribution in [-0.4, -0.2) is 29.8 Å². The Bertz CT molecular complexity index is 836. The maximum Gasteiger partial charge on any atom is 0.257 e. The quantitative estimate of drug-likeness (QED) is 0.703. The minimum absolute atomic E-state index is 0.198. The summed E-state index contributed by atoms with van der Waals surface area (Å²) in [5, 5.41) is 12.1. The Hall–Kier alpha value is -2.93. The van der Waals surface area contributed by atoms with Crippen molar-refractivity contribution in [2.24, 2.45) is 0 Å². The van der Waals surface area contributed by atoms with Gasteiger partial charge in [0.2, 0.25) is 5.13 Å². The number of nitrogens with one attached hydrogen (secondary N) is 1. The van der Waals surface area contributed by atoms with Crippen LogP contribution in [0.15, 0.2) is 54.6 Å². The van der Waals surface area contributed by atoms with E-state index in [4.69, 9.17) is 9.47 Å². The lowest BCUT2D eigenvalue weighted by molar-refractivity contribution is 0.102. The highest BCUT2D eigenvalue weighted by Crippen LogP contribution is 2.20. The van der Waals surface area contributed by atoms with Gasteiger partial charge in [0.25, 0.3) is 5.91 Å². The second kappa shape index (κ2) is 8.25. The van der Waals surface area contributed by atoms with Crippen molar-refractivity contribution in [1.82, 2.24) is 10.2 Å². The van der Waals surface area contributed by atoms with Gasteiger partial charge >= 0.3 is 0 Å². The number of benzene rings is 2. The first-order valence-electron chi connectivity index (χ1n) is 7.70. The van der Waals surface area contributed by atoms with Crippen molar-refractivity contribution >= 4 is 22.4 Å². The molecule has 3 rings (SSSR count). The van der Waals surface area contributed by atoms with Crippen LogP contribution in [0.25, 0.3) is 0 Å². The number of nitrogens with zero attached hydrogens (tertiary/aromatic N) is 2. The second-order valence-corrected chi connectivity index (χ2v) is 6.16. The molecule has 0 fully saturated rings. The van der Waals surface area contributed by atoms with Gasteiger partial charge in [-0.3, -0.25) is 10.1 Å². The van der Waals surface area contributed by atoms with Crippen molar-refractivity contribution in [2.45, 2.75) is 6.42 Å². The van der Waals surface area contributed by atoms with Crippen LogP contribution in [-0.2, 0) is 6.42 Å². The van der Waals surface area contributed by atoms with E-state index in [2.05, 4.69) is 15.5 Å². The third-order valence-electron chi connectivity index (χ3n) is 3.35. The number of hydrogen-bond donors (Lipinski definition) is 1. The summed E-state index contributed by atoms with van der Waals surface area (Å²) in [6.45, 7) is 0.467. The third-order valence-corrected chi connectivity index (χ3v) is 4.25. The van der Waals surface area contributed by atoms with Gasteiger partial charge in [-0.25, -0.2) is 0 Å². The van der Waals surface area contributed by atoms with Crippen molar-refractivity contribution in [3.63, 3.8) is 0 Å². The van der Waals surface area contributed by atoms with Gasteiger partial charge in [-0.1, -0.05) is 35.6 Å². The van der Waals surface area contributed by atoms with E-state index >= 15 is 0 Å². The SMILES string of the molecule is COc1cccc(OCCc2nnc(NC(=O)c3ccccc3)s2)c1. The zero-order valence-corrected chi connectivity index (χ0v) is 14.5. The molecular formula is C18H17N3O3S. The maximum absolute atomic E-state index is 12.1. The van der Waals surface area contributed by atoms with Crippen LogP contribution in [0, 0.1) is 0 Å². The molecule has 7 heteroatoms. The molecule has 0 saturated carbocycles. The first-order chi connectivity index (χ1) is 12.2. The summed E-state index contributed by atoms with van der Waals surface area (Å²) in [6, 6.07) is 16.4. The highest BCUT2D eigenvalue weighted by molar-refractivity contribution is 7.15. The Morgan fingerprint density at radius 2 is 1.88 bits per heavy atom. The lowest BCUT2D eigenvalue weighted by atomic mass is 10.2. The fourth-order valence-corrected chi connectivity index (χ4v) is 2.83. The molecule has 1 N–H and O–H groups in total. The molecule has 0 spiro atoms. The van der Waals surface area contributed by atoms with Crippen molar-refractivity contribution in [3.05, 3.63) is 65.2 Å². The topological polar surface area (TPSA) is 73.3 Å². The van der Waals surface area contributed by atoms with Gasteiger partial charge in [-0.15, -0.1) is 10.2 Å². The van der Waals surface area contributed by atoms with Crippen molar-refractivity contribution in [2.75, 3.05) is 19.0 Å². The molecular weight excluding hydrogens is 338 g/mol. The number of carbonyl (C=O) groups is 1. The standard InChI is InChI=1S/C18H17N3O3S/c1-23-14-8-5-9-15(12-14)24-11-10-16-20-21-18(25-16)19-17(22)13-6-3-2-4-7-13/h2-9,12H,10-11H2,1H3,(H,19,21,22). The van der Waals surface area contributed by atoms with Crippen LogP contribution in [0.4, 0.5) is 5.13 Å². The van der Waals surface area contributed by atoms with E-state index in [1.165, 1.54) is 11.3 Å². The molecule has 0 bridgehead atoms. The monoisotopic (exact) mass is 355 g/mol. The summed E-state index contributed by atoms with van der Waals surface area (Å²) in [5.74, 6) is 1.29. The van der Waals surface area contributed by atoms with Crippen LogP contribution < -0.4 is 14.8 Å². The van der Waals surface area contributed by atoms with Gasteiger partial charge in [0.1, 0.15) is 16.5 Å². The number of hydrogen-bond acceptors (Lipinski definition) is 6. The smallest absolute Gasteiger partial charge is 0.257 e. The Morgan fingerprint density at radius 1 is 1.08 bits per heavy atom. The fraction of sp³-hybridized carbons (Fsp3) is 0.167. The van der Waals surface area contributed by atoms with Crippen molar-refractivity contribution in [1.29, 1.82) is 0 Å². The maximum atomic E-state index is 12.1. The molecule has 0 aliphatic carbocycles. The third kappa shape index (κ3) is 4.77. The molecule has 128 valence electrons. The molecule has 0 atom stereocenters. The van der Waals surface area contributed by atoms with E-state index in [-0.39, 0.29) is 5.91 Å². The summed E-state index contributed by atoms with van der Waals surface area (Å²) >= 11 is 1.34. The molecule has 2 aromatic carbocycles.